The average molecular weight is 352 g/mol. The third-order valence-corrected chi connectivity index (χ3v) is 4.99. The number of rotatable bonds is 6. The lowest BCUT2D eigenvalue weighted by molar-refractivity contribution is -0.387. The Hall–Kier alpha value is -2.09. The van der Waals surface area contributed by atoms with Gasteiger partial charge in [0.25, 0.3) is 11.6 Å². The van der Waals surface area contributed by atoms with E-state index in [0.717, 1.165) is 19.3 Å². The molecule has 0 aliphatic carbocycles. The van der Waals surface area contributed by atoms with E-state index >= 15 is 0 Å². The van der Waals surface area contributed by atoms with Gasteiger partial charge in [-0.3, -0.25) is 19.7 Å². The first-order chi connectivity index (χ1) is 11.4. The van der Waals surface area contributed by atoms with Crippen LogP contribution < -0.4 is 0 Å². The topological polar surface area (TPSA) is 101 Å². The molecule has 1 heterocycles. The number of carbonyl (C=O) groups is 2. The maximum Gasteiger partial charge on any atom is 0.303 e. The number of hydrogen-bond acceptors (Lipinski definition) is 5. The summed E-state index contributed by atoms with van der Waals surface area (Å²) in [4.78, 5) is 36.4. The Bertz CT molecular complexity index is 649. The number of nitro groups is 1. The highest BCUT2D eigenvalue weighted by Gasteiger charge is 2.29. The molecule has 1 aliphatic heterocycles. The first-order valence-corrected chi connectivity index (χ1v) is 9.01. The van der Waals surface area contributed by atoms with Gasteiger partial charge in [0.2, 0.25) is 0 Å². The number of likely N-dealkylation sites (tertiary alicyclic amines) is 1. The lowest BCUT2D eigenvalue weighted by Gasteiger charge is -2.35. The SMILES string of the molecule is CSc1ccc(C(=O)N2CCCCC2CCC(=O)O)cc1[N+](=O)[O-]. The molecule has 0 radical (unpaired) electrons. The maximum absolute atomic E-state index is 12.8. The van der Waals surface area contributed by atoms with E-state index < -0.39 is 10.9 Å². The van der Waals surface area contributed by atoms with E-state index in [-0.39, 0.29) is 29.6 Å². The van der Waals surface area contributed by atoms with Crippen LogP contribution >= 0.6 is 11.8 Å². The van der Waals surface area contributed by atoms with Crippen molar-refractivity contribution in [2.45, 2.75) is 43.0 Å². The van der Waals surface area contributed by atoms with Gasteiger partial charge in [-0.25, -0.2) is 0 Å². The first-order valence-electron chi connectivity index (χ1n) is 7.79. The average Bonchev–Trinajstić information content (AvgIpc) is 2.58. The predicted octanol–water partition coefficient (Wildman–Crippen LogP) is 3.18. The van der Waals surface area contributed by atoms with Crippen molar-refractivity contribution in [3.63, 3.8) is 0 Å². The highest BCUT2D eigenvalue weighted by Crippen LogP contribution is 2.30. The zero-order valence-corrected chi connectivity index (χ0v) is 14.3. The first kappa shape index (κ1) is 18.3. The molecule has 1 unspecified atom stereocenters. The Kier molecular flexibility index (Phi) is 6.19. The number of nitro benzene ring substituents is 1. The molecular weight excluding hydrogens is 332 g/mol. The highest BCUT2D eigenvalue weighted by atomic mass is 32.2. The molecule has 1 atom stereocenters. The van der Waals surface area contributed by atoms with Crippen molar-refractivity contribution in [3.8, 4) is 0 Å². The molecule has 0 spiro atoms. The van der Waals surface area contributed by atoms with Gasteiger partial charge in [0.1, 0.15) is 0 Å². The molecular formula is C16H20N2O5S. The van der Waals surface area contributed by atoms with E-state index in [2.05, 4.69) is 0 Å². The summed E-state index contributed by atoms with van der Waals surface area (Å²) in [7, 11) is 0. The maximum atomic E-state index is 12.8. The van der Waals surface area contributed by atoms with Gasteiger partial charge in [0, 0.05) is 30.6 Å². The second-order valence-electron chi connectivity index (χ2n) is 5.72. The van der Waals surface area contributed by atoms with Gasteiger partial charge in [0.05, 0.1) is 9.82 Å². The summed E-state index contributed by atoms with van der Waals surface area (Å²) in [5.41, 5.74) is 0.203. The van der Waals surface area contributed by atoms with Gasteiger partial charge in [0.15, 0.2) is 0 Å². The number of amides is 1. The molecule has 0 saturated carbocycles. The fourth-order valence-corrected chi connectivity index (χ4v) is 3.54. The number of carbonyl (C=O) groups excluding carboxylic acids is 1. The van der Waals surface area contributed by atoms with Gasteiger partial charge in [-0.15, -0.1) is 11.8 Å². The molecule has 1 amide bonds. The summed E-state index contributed by atoms with van der Waals surface area (Å²) in [5.74, 6) is -1.14. The third kappa shape index (κ3) is 4.25. The monoisotopic (exact) mass is 352 g/mol. The van der Waals surface area contributed by atoms with Crippen LogP contribution in [0.3, 0.4) is 0 Å². The third-order valence-electron chi connectivity index (χ3n) is 4.20. The molecule has 0 bridgehead atoms. The fourth-order valence-electron chi connectivity index (χ4n) is 2.99. The van der Waals surface area contributed by atoms with E-state index in [0.29, 0.717) is 17.9 Å². The van der Waals surface area contributed by atoms with Crippen LogP contribution in [0.1, 0.15) is 42.5 Å². The lowest BCUT2D eigenvalue weighted by atomic mass is 9.97. The predicted molar refractivity (Wildman–Crippen MR) is 90.4 cm³/mol. The minimum Gasteiger partial charge on any atom is -0.481 e. The van der Waals surface area contributed by atoms with Crippen molar-refractivity contribution in [2.75, 3.05) is 12.8 Å². The van der Waals surface area contributed by atoms with Crippen LogP contribution in [0.5, 0.6) is 0 Å². The van der Waals surface area contributed by atoms with Crippen molar-refractivity contribution in [2.24, 2.45) is 0 Å². The summed E-state index contributed by atoms with van der Waals surface area (Å²) < 4.78 is 0. The second-order valence-corrected chi connectivity index (χ2v) is 6.57. The minimum atomic E-state index is -0.882. The fraction of sp³-hybridized carbons (Fsp3) is 0.500. The Morgan fingerprint density at radius 1 is 1.42 bits per heavy atom. The smallest absolute Gasteiger partial charge is 0.303 e. The molecule has 0 aromatic heterocycles. The van der Waals surface area contributed by atoms with Gasteiger partial charge in [-0.05, 0) is 44.1 Å². The molecule has 1 saturated heterocycles. The number of hydrogen-bond donors (Lipinski definition) is 1. The van der Waals surface area contributed by atoms with Crippen LogP contribution in [0.15, 0.2) is 23.1 Å². The molecule has 2 rings (SSSR count). The molecule has 130 valence electrons. The summed E-state index contributed by atoms with van der Waals surface area (Å²) in [5, 5.41) is 20.0. The summed E-state index contributed by atoms with van der Waals surface area (Å²) >= 11 is 1.26. The van der Waals surface area contributed by atoms with Crippen molar-refractivity contribution < 1.29 is 19.6 Å². The van der Waals surface area contributed by atoms with Crippen LogP contribution in [-0.4, -0.2) is 45.6 Å². The number of thioether (sulfide) groups is 1. The van der Waals surface area contributed by atoms with Gasteiger partial charge >= 0.3 is 5.97 Å². The molecule has 1 fully saturated rings. The normalized spacial score (nSPS) is 17.5. The molecule has 24 heavy (non-hydrogen) atoms. The number of nitrogens with zero attached hydrogens (tertiary/aromatic N) is 2. The quantitative estimate of drug-likeness (QED) is 0.479. The number of carboxylic acids is 1. The van der Waals surface area contributed by atoms with Gasteiger partial charge in [-0.2, -0.15) is 0 Å². The lowest BCUT2D eigenvalue weighted by Crippen LogP contribution is -2.44. The Labute approximate surface area is 144 Å². The van der Waals surface area contributed by atoms with Crippen LogP contribution in [-0.2, 0) is 4.79 Å². The molecule has 1 aromatic rings. The zero-order chi connectivity index (χ0) is 17.7. The molecule has 1 aliphatic rings. The molecule has 8 heteroatoms. The number of carboxylic acid groups (broad SMARTS) is 1. The zero-order valence-electron chi connectivity index (χ0n) is 13.4. The molecule has 1 N–H and O–H groups in total. The van der Waals surface area contributed by atoms with E-state index in [9.17, 15) is 19.7 Å². The largest absolute Gasteiger partial charge is 0.481 e. The van der Waals surface area contributed by atoms with Gasteiger partial charge < -0.3 is 10.0 Å². The standard InChI is InChI=1S/C16H20N2O5S/c1-24-14-7-5-11(10-13(14)18(22)23)16(21)17-9-3-2-4-12(17)6-8-15(19)20/h5,7,10,12H,2-4,6,8-9H2,1H3,(H,19,20). The van der Waals surface area contributed by atoms with Gasteiger partial charge in [-0.1, -0.05) is 0 Å². The van der Waals surface area contributed by atoms with E-state index in [4.69, 9.17) is 5.11 Å². The Balaban J connectivity index is 2.23. The van der Waals surface area contributed by atoms with E-state index in [1.165, 1.54) is 17.8 Å². The highest BCUT2D eigenvalue weighted by molar-refractivity contribution is 7.98. The number of benzene rings is 1. The number of aliphatic carboxylic acids is 1. The van der Waals surface area contributed by atoms with Crippen molar-refractivity contribution in [1.29, 1.82) is 0 Å². The summed E-state index contributed by atoms with van der Waals surface area (Å²) in [6, 6.07) is 4.38. The van der Waals surface area contributed by atoms with Crippen LogP contribution in [0.2, 0.25) is 0 Å². The van der Waals surface area contributed by atoms with Crippen LogP contribution in [0, 0.1) is 10.1 Å². The summed E-state index contributed by atoms with van der Waals surface area (Å²) in [6.07, 6.45) is 4.76. The molecule has 7 nitrogen and oxygen atoms in total. The van der Waals surface area contributed by atoms with E-state index in [1.54, 1.807) is 23.3 Å². The van der Waals surface area contributed by atoms with E-state index in [1.807, 2.05) is 0 Å². The second kappa shape index (κ2) is 8.14. The van der Waals surface area contributed by atoms with Crippen LogP contribution in [0.4, 0.5) is 5.69 Å². The van der Waals surface area contributed by atoms with Crippen molar-refractivity contribution in [1.82, 2.24) is 4.90 Å². The van der Waals surface area contributed by atoms with Crippen molar-refractivity contribution >= 4 is 29.3 Å². The van der Waals surface area contributed by atoms with Crippen LogP contribution in [0.25, 0.3) is 0 Å². The number of piperidine rings is 1. The molecule has 1 aromatic carbocycles. The Morgan fingerprint density at radius 2 is 2.17 bits per heavy atom. The Morgan fingerprint density at radius 3 is 2.79 bits per heavy atom. The van der Waals surface area contributed by atoms with Crippen molar-refractivity contribution in [3.05, 3.63) is 33.9 Å². The summed E-state index contributed by atoms with van der Waals surface area (Å²) in [6.45, 7) is 0.557. The minimum absolute atomic E-state index is 0.0139.